The third kappa shape index (κ3) is 3.39. The normalized spacial score (nSPS) is 16.5. The molecular weight excluding hydrogens is 284 g/mol. The Balaban J connectivity index is 1.80. The predicted molar refractivity (Wildman–Crippen MR) is 87.3 cm³/mol. The van der Waals surface area contributed by atoms with Gasteiger partial charge in [0.1, 0.15) is 0 Å². The summed E-state index contributed by atoms with van der Waals surface area (Å²) in [5, 5.41) is 5.56. The molecule has 0 amide bonds. The van der Waals surface area contributed by atoms with E-state index in [-0.39, 0.29) is 0 Å². The maximum absolute atomic E-state index is 5.10. The Labute approximate surface area is 129 Å². The number of fused-ring (bicyclic) bond motifs is 1. The highest BCUT2D eigenvalue weighted by molar-refractivity contribution is 7.15. The fraction of sp³-hybridized carbons (Fsp3) is 0.667. The predicted octanol–water partition coefficient (Wildman–Crippen LogP) is 2.51. The van der Waals surface area contributed by atoms with Crippen molar-refractivity contribution in [2.75, 3.05) is 38.3 Å². The molecule has 0 aliphatic carbocycles. The standard InChI is InChI=1S/C15H24N4OS/c1-20-10-6-16-12-13-14(17-15-19(13)9-11-21-15)18-7-4-2-3-5-8-18/h9,11,16H,2-8,10,12H2,1H3. The van der Waals surface area contributed by atoms with E-state index >= 15 is 0 Å². The van der Waals surface area contributed by atoms with Gasteiger partial charge < -0.3 is 15.0 Å². The number of hydrogen-bond acceptors (Lipinski definition) is 5. The van der Waals surface area contributed by atoms with Crippen LogP contribution < -0.4 is 10.2 Å². The van der Waals surface area contributed by atoms with Crippen molar-refractivity contribution >= 4 is 22.1 Å². The largest absolute Gasteiger partial charge is 0.383 e. The molecule has 0 aromatic carbocycles. The van der Waals surface area contributed by atoms with Crippen molar-refractivity contribution in [3.63, 3.8) is 0 Å². The first-order chi connectivity index (χ1) is 10.4. The highest BCUT2D eigenvalue weighted by Crippen LogP contribution is 2.26. The average Bonchev–Trinajstić information content (AvgIpc) is 2.96. The Bertz CT molecular complexity index is 557. The van der Waals surface area contributed by atoms with Gasteiger partial charge in [0, 0.05) is 44.9 Å². The van der Waals surface area contributed by atoms with Crippen molar-refractivity contribution in [2.45, 2.75) is 32.2 Å². The van der Waals surface area contributed by atoms with Crippen LogP contribution in [0.2, 0.25) is 0 Å². The van der Waals surface area contributed by atoms with Gasteiger partial charge in [-0.05, 0) is 12.8 Å². The molecule has 0 radical (unpaired) electrons. The van der Waals surface area contributed by atoms with E-state index in [9.17, 15) is 0 Å². The number of rotatable bonds is 6. The number of aromatic nitrogens is 2. The van der Waals surface area contributed by atoms with Gasteiger partial charge in [-0.3, -0.25) is 4.40 Å². The van der Waals surface area contributed by atoms with E-state index in [1.54, 1.807) is 18.4 Å². The zero-order valence-corrected chi connectivity index (χ0v) is 13.5. The second-order valence-corrected chi connectivity index (χ2v) is 6.38. The van der Waals surface area contributed by atoms with Crippen molar-refractivity contribution in [1.29, 1.82) is 0 Å². The van der Waals surface area contributed by atoms with Gasteiger partial charge in [-0.1, -0.05) is 12.8 Å². The Morgan fingerprint density at radius 3 is 2.86 bits per heavy atom. The molecule has 0 saturated carbocycles. The second kappa shape index (κ2) is 7.24. The molecule has 0 unspecified atom stereocenters. The highest BCUT2D eigenvalue weighted by Gasteiger charge is 2.19. The van der Waals surface area contributed by atoms with Crippen LogP contribution >= 0.6 is 11.3 Å². The van der Waals surface area contributed by atoms with Gasteiger partial charge in [0.15, 0.2) is 10.8 Å². The summed E-state index contributed by atoms with van der Waals surface area (Å²) in [5.41, 5.74) is 1.28. The monoisotopic (exact) mass is 308 g/mol. The van der Waals surface area contributed by atoms with Crippen LogP contribution in [0.15, 0.2) is 11.6 Å². The lowest BCUT2D eigenvalue weighted by atomic mass is 10.2. The third-order valence-electron chi connectivity index (χ3n) is 4.02. The minimum atomic E-state index is 0.741. The van der Waals surface area contributed by atoms with Crippen LogP contribution in [0, 0.1) is 0 Å². The summed E-state index contributed by atoms with van der Waals surface area (Å²) < 4.78 is 7.33. The molecule has 0 spiro atoms. The quantitative estimate of drug-likeness (QED) is 0.833. The third-order valence-corrected chi connectivity index (χ3v) is 4.78. The number of methoxy groups -OCH3 is 1. The molecule has 2 aromatic heterocycles. The van der Waals surface area contributed by atoms with E-state index < -0.39 is 0 Å². The molecule has 1 aliphatic rings. The van der Waals surface area contributed by atoms with E-state index in [0.717, 1.165) is 37.7 Å². The maximum atomic E-state index is 5.10. The number of thiazole rings is 1. The molecule has 2 aromatic rings. The Hall–Kier alpha value is -1.11. The summed E-state index contributed by atoms with van der Waals surface area (Å²) in [4.78, 5) is 8.44. The Kier molecular flexibility index (Phi) is 5.11. The van der Waals surface area contributed by atoms with Crippen molar-refractivity contribution in [3.8, 4) is 0 Å². The molecule has 1 N–H and O–H groups in total. The summed E-state index contributed by atoms with van der Waals surface area (Å²) in [6, 6.07) is 0. The van der Waals surface area contributed by atoms with Crippen LogP contribution in [-0.4, -0.2) is 42.7 Å². The van der Waals surface area contributed by atoms with Gasteiger partial charge in [0.2, 0.25) is 0 Å². The molecule has 1 fully saturated rings. The molecule has 6 heteroatoms. The molecular formula is C15H24N4OS. The lowest BCUT2D eigenvalue weighted by molar-refractivity contribution is 0.199. The van der Waals surface area contributed by atoms with Gasteiger partial charge in [-0.2, -0.15) is 0 Å². The lowest BCUT2D eigenvalue weighted by Gasteiger charge is -2.21. The second-order valence-electron chi connectivity index (χ2n) is 5.51. The molecule has 0 atom stereocenters. The Morgan fingerprint density at radius 2 is 2.10 bits per heavy atom. The minimum absolute atomic E-state index is 0.741. The molecule has 5 nitrogen and oxygen atoms in total. The number of imidazole rings is 1. The molecule has 21 heavy (non-hydrogen) atoms. The first-order valence-corrected chi connectivity index (χ1v) is 8.67. The van der Waals surface area contributed by atoms with E-state index in [0.29, 0.717) is 0 Å². The van der Waals surface area contributed by atoms with E-state index in [1.807, 2.05) is 0 Å². The number of nitrogens with one attached hydrogen (secondary N) is 1. The zero-order valence-electron chi connectivity index (χ0n) is 12.7. The smallest absolute Gasteiger partial charge is 0.195 e. The van der Waals surface area contributed by atoms with E-state index in [2.05, 4.69) is 26.2 Å². The molecule has 3 heterocycles. The molecule has 116 valence electrons. The van der Waals surface area contributed by atoms with Crippen molar-refractivity contribution in [3.05, 3.63) is 17.3 Å². The van der Waals surface area contributed by atoms with Gasteiger partial charge in [0.25, 0.3) is 0 Å². The van der Waals surface area contributed by atoms with Crippen LogP contribution in [0.25, 0.3) is 4.96 Å². The fourth-order valence-corrected chi connectivity index (χ4v) is 3.63. The minimum Gasteiger partial charge on any atom is -0.383 e. The zero-order chi connectivity index (χ0) is 14.5. The van der Waals surface area contributed by atoms with Crippen LogP contribution in [-0.2, 0) is 11.3 Å². The van der Waals surface area contributed by atoms with Gasteiger partial charge in [0.05, 0.1) is 12.3 Å². The molecule has 1 aliphatic heterocycles. The summed E-state index contributed by atoms with van der Waals surface area (Å²) in [7, 11) is 1.74. The number of nitrogens with zero attached hydrogens (tertiary/aromatic N) is 3. The summed E-state index contributed by atoms with van der Waals surface area (Å²) in [6.07, 6.45) is 7.38. The number of anilines is 1. The SMILES string of the molecule is COCCNCc1c(N2CCCCCC2)nc2sccn12. The molecule has 1 saturated heterocycles. The van der Waals surface area contributed by atoms with Gasteiger partial charge in [-0.15, -0.1) is 11.3 Å². The number of hydrogen-bond donors (Lipinski definition) is 1. The van der Waals surface area contributed by atoms with Crippen molar-refractivity contribution < 1.29 is 4.74 Å². The highest BCUT2D eigenvalue weighted by atomic mass is 32.1. The van der Waals surface area contributed by atoms with Crippen LogP contribution in [0.5, 0.6) is 0 Å². The lowest BCUT2D eigenvalue weighted by Crippen LogP contribution is -2.27. The van der Waals surface area contributed by atoms with E-state index in [1.165, 1.54) is 37.2 Å². The maximum Gasteiger partial charge on any atom is 0.195 e. The van der Waals surface area contributed by atoms with Crippen LogP contribution in [0.4, 0.5) is 5.82 Å². The van der Waals surface area contributed by atoms with Crippen LogP contribution in [0.3, 0.4) is 0 Å². The Morgan fingerprint density at radius 1 is 1.29 bits per heavy atom. The van der Waals surface area contributed by atoms with E-state index in [4.69, 9.17) is 9.72 Å². The van der Waals surface area contributed by atoms with Crippen molar-refractivity contribution in [1.82, 2.24) is 14.7 Å². The first kappa shape index (κ1) is 14.8. The topological polar surface area (TPSA) is 41.8 Å². The van der Waals surface area contributed by atoms with Gasteiger partial charge in [-0.25, -0.2) is 4.98 Å². The fourth-order valence-electron chi connectivity index (χ4n) is 2.90. The van der Waals surface area contributed by atoms with Crippen LogP contribution in [0.1, 0.15) is 31.4 Å². The molecule has 3 rings (SSSR count). The number of ether oxygens (including phenoxy) is 1. The first-order valence-electron chi connectivity index (χ1n) is 7.79. The molecule has 0 bridgehead atoms. The van der Waals surface area contributed by atoms with Crippen molar-refractivity contribution in [2.24, 2.45) is 0 Å². The van der Waals surface area contributed by atoms with Gasteiger partial charge >= 0.3 is 0 Å². The summed E-state index contributed by atoms with van der Waals surface area (Å²) in [5.74, 6) is 1.17. The average molecular weight is 308 g/mol. The summed E-state index contributed by atoms with van der Waals surface area (Å²) in [6.45, 7) is 4.72. The summed E-state index contributed by atoms with van der Waals surface area (Å²) >= 11 is 1.71.